The molecule has 0 spiro atoms. The lowest BCUT2D eigenvalue weighted by atomic mass is 10.1. The third kappa shape index (κ3) is 4.70. The molecule has 29 heavy (non-hydrogen) atoms. The Bertz CT molecular complexity index is 877. The highest BCUT2D eigenvalue weighted by molar-refractivity contribution is 7.99. The van der Waals surface area contributed by atoms with Gasteiger partial charge in [-0.05, 0) is 50.4 Å². The van der Waals surface area contributed by atoms with Crippen LogP contribution in [0.25, 0.3) is 0 Å². The molecule has 0 bridgehead atoms. The molecular weight excluding hydrogens is 408 g/mol. The molecule has 0 aliphatic carbocycles. The van der Waals surface area contributed by atoms with Crippen molar-refractivity contribution in [2.75, 3.05) is 20.0 Å². The van der Waals surface area contributed by atoms with Crippen molar-refractivity contribution in [2.24, 2.45) is 0 Å². The van der Waals surface area contributed by atoms with Crippen LogP contribution in [0.3, 0.4) is 0 Å². The summed E-state index contributed by atoms with van der Waals surface area (Å²) >= 11 is 3.20. The molecule has 0 saturated carbocycles. The lowest BCUT2D eigenvalue weighted by Crippen LogP contribution is -2.52. The molecule has 1 saturated heterocycles. The van der Waals surface area contributed by atoms with E-state index in [1.807, 2.05) is 38.3 Å². The molecule has 3 rings (SSSR count). The van der Waals surface area contributed by atoms with E-state index < -0.39 is 6.04 Å². The molecular formula is C21H26N2O4S2. The number of thiophene rings is 1. The Morgan fingerprint density at radius 2 is 1.86 bits per heavy atom. The molecule has 2 amide bonds. The Morgan fingerprint density at radius 1 is 1.14 bits per heavy atom. The standard InChI is InChI=1S/C21H26N2O4S2/c1-21(2,3)22-18(24)14-12-29-20(17-7-6-10-28-17)23(14)19(25)13-8-9-15(26-4)16(11-13)27-5/h6-11,14,20H,12H2,1-5H3,(H,22,24). The average Bonchev–Trinajstić information content (AvgIpc) is 3.34. The van der Waals surface area contributed by atoms with E-state index in [0.29, 0.717) is 22.8 Å². The minimum absolute atomic E-state index is 0.141. The first-order valence-corrected chi connectivity index (χ1v) is 11.2. The number of ether oxygens (including phenoxy) is 2. The van der Waals surface area contributed by atoms with Crippen molar-refractivity contribution in [2.45, 2.75) is 37.7 Å². The fourth-order valence-electron chi connectivity index (χ4n) is 3.18. The van der Waals surface area contributed by atoms with E-state index in [9.17, 15) is 9.59 Å². The predicted molar refractivity (Wildman–Crippen MR) is 117 cm³/mol. The van der Waals surface area contributed by atoms with Crippen molar-refractivity contribution in [1.29, 1.82) is 0 Å². The second-order valence-electron chi connectivity index (χ2n) is 7.74. The summed E-state index contributed by atoms with van der Waals surface area (Å²) in [5.41, 5.74) is 0.0844. The van der Waals surface area contributed by atoms with Crippen molar-refractivity contribution < 1.29 is 19.1 Å². The second kappa shape index (κ2) is 8.67. The highest BCUT2D eigenvalue weighted by Gasteiger charge is 2.43. The molecule has 0 radical (unpaired) electrons. The molecule has 156 valence electrons. The Morgan fingerprint density at radius 3 is 2.45 bits per heavy atom. The van der Waals surface area contributed by atoms with E-state index in [4.69, 9.17) is 9.47 Å². The summed E-state index contributed by atoms with van der Waals surface area (Å²) in [6, 6.07) is 8.49. The van der Waals surface area contributed by atoms with Gasteiger partial charge in [0.15, 0.2) is 11.5 Å². The fourth-order valence-corrected chi connectivity index (χ4v) is 5.57. The summed E-state index contributed by atoms with van der Waals surface area (Å²) in [5, 5.41) is 4.80. The van der Waals surface area contributed by atoms with Gasteiger partial charge in [-0.25, -0.2) is 0 Å². The molecule has 1 N–H and O–H groups in total. The number of carbonyl (C=O) groups excluding carboxylic acids is 2. The van der Waals surface area contributed by atoms with Crippen LogP contribution in [0, 0.1) is 0 Å². The number of benzene rings is 1. The van der Waals surface area contributed by atoms with Crippen LogP contribution >= 0.6 is 23.1 Å². The summed E-state index contributed by atoms with van der Waals surface area (Å²) in [6.07, 6.45) is 0. The Balaban J connectivity index is 1.97. The number of hydrogen-bond acceptors (Lipinski definition) is 6. The van der Waals surface area contributed by atoms with Crippen molar-refractivity contribution in [3.05, 3.63) is 46.2 Å². The summed E-state index contributed by atoms with van der Waals surface area (Å²) in [5.74, 6) is 1.23. The van der Waals surface area contributed by atoms with E-state index in [1.165, 1.54) is 7.11 Å². The van der Waals surface area contributed by atoms with Gasteiger partial charge in [-0.2, -0.15) is 0 Å². The van der Waals surface area contributed by atoms with Gasteiger partial charge in [0.2, 0.25) is 5.91 Å². The highest BCUT2D eigenvalue weighted by atomic mass is 32.2. The van der Waals surface area contributed by atoms with E-state index in [1.54, 1.807) is 53.3 Å². The number of nitrogens with zero attached hydrogens (tertiary/aromatic N) is 1. The van der Waals surface area contributed by atoms with Crippen molar-refractivity contribution in [1.82, 2.24) is 10.2 Å². The summed E-state index contributed by atoms with van der Waals surface area (Å²) in [7, 11) is 3.09. The molecule has 2 heterocycles. The van der Waals surface area contributed by atoms with Gasteiger partial charge in [0, 0.05) is 21.7 Å². The first kappa shape index (κ1) is 21.5. The van der Waals surface area contributed by atoms with Gasteiger partial charge in [0.1, 0.15) is 11.4 Å². The van der Waals surface area contributed by atoms with Crippen LogP contribution in [0.4, 0.5) is 0 Å². The summed E-state index contributed by atoms with van der Waals surface area (Å²) < 4.78 is 10.6. The number of amides is 2. The van der Waals surface area contributed by atoms with Gasteiger partial charge in [0.05, 0.1) is 14.2 Å². The molecule has 8 heteroatoms. The SMILES string of the molecule is COc1ccc(C(=O)N2C(C(=O)NC(C)(C)C)CSC2c2cccs2)cc1OC. The Kier molecular flexibility index (Phi) is 6.43. The number of thioether (sulfide) groups is 1. The molecule has 1 aliphatic heterocycles. The second-order valence-corrected chi connectivity index (χ2v) is 9.83. The minimum atomic E-state index is -0.549. The maximum Gasteiger partial charge on any atom is 0.255 e. The Labute approximate surface area is 179 Å². The Hall–Kier alpha value is -2.19. The molecule has 1 aromatic heterocycles. The zero-order valence-corrected chi connectivity index (χ0v) is 18.9. The number of nitrogens with one attached hydrogen (secondary N) is 1. The zero-order valence-electron chi connectivity index (χ0n) is 17.2. The van der Waals surface area contributed by atoms with Crippen molar-refractivity contribution >= 4 is 34.9 Å². The van der Waals surface area contributed by atoms with Crippen LogP contribution in [0.2, 0.25) is 0 Å². The maximum absolute atomic E-state index is 13.5. The van der Waals surface area contributed by atoms with Gasteiger partial charge >= 0.3 is 0 Å². The monoisotopic (exact) mass is 434 g/mol. The van der Waals surface area contributed by atoms with E-state index in [0.717, 1.165) is 4.88 Å². The van der Waals surface area contributed by atoms with Crippen LogP contribution in [-0.4, -0.2) is 48.3 Å². The van der Waals surface area contributed by atoms with Crippen LogP contribution in [-0.2, 0) is 4.79 Å². The largest absolute Gasteiger partial charge is 0.493 e. The normalized spacial score (nSPS) is 19.1. The smallest absolute Gasteiger partial charge is 0.255 e. The lowest BCUT2D eigenvalue weighted by Gasteiger charge is -2.31. The van der Waals surface area contributed by atoms with Crippen LogP contribution in [0.1, 0.15) is 41.4 Å². The van der Waals surface area contributed by atoms with Crippen molar-refractivity contribution in [3.63, 3.8) is 0 Å². The van der Waals surface area contributed by atoms with Crippen LogP contribution in [0.5, 0.6) is 11.5 Å². The average molecular weight is 435 g/mol. The first-order chi connectivity index (χ1) is 13.7. The lowest BCUT2D eigenvalue weighted by molar-refractivity contribution is -0.126. The molecule has 1 aliphatic rings. The minimum Gasteiger partial charge on any atom is -0.493 e. The number of rotatable bonds is 5. The molecule has 1 fully saturated rings. The number of methoxy groups -OCH3 is 2. The molecule has 2 atom stereocenters. The zero-order chi connectivity index (χ0) is 21.2. The molecule has 1 aromatic carbocycles. The topological polar surface area (TPSA) is 67.9 Å². The highest BCUT2D eigenvalue weighted by Crippen LogP contribution is 2.44. The van der Waals surface area contributed by atoms with Gasteiger partial charge in [0.25, 0.3) is 5.91 Å². The van der Waals surface area contributed by atoms with E-state index >= 15 is 0 Å². The first-order valence-electron chi connectivity index (χ1n) is 9.27. The van der Waals surface area contributed by atoms with Crippen molar-refractivity contribution in [3.8, 4) is 11.5 Å². The van der Waals surface area contributed by atoms with E-state index in [2.05, 4.69) is 5.32 Å². The molecule has 2 unspecified atom stereocenters. The molecule has 6 nitrogen and oxygen atoms in total. The van der Waals surface area contributed by atoms with Crippen LogP contribution in [0.15, 0.2) is 35.7 Å². The van der Waals surface area contributed by atoms with Crippen LogP contribution < -0.4 is 14.8 Å². The van der Waals surface area contributed by atoms with Gasteiger partial charge in [-0.1, -0.05) is 6.07 Å². The number of carbonyl (C=O) groups is 2. The van der Waals surface area contributed by atoms with Gasteiger partial charge in [-0.3, -0.25) is 9.59 Å². The number of hydrogen-bond donors (Lipinski definition) is 1. The maximum atomic E-state index is 13.5. The third-order valence-corrected chi connectivity index (χ3v) is 6.83. The third-order valence-electron chi connectivity index (χ3n) is 4.45. The van der Waals surface area contributed by atoms with Gasteiger partial charge < -0.3 is 19.7 Å². The predicted octanol–water partition coefficient (Wildman–Crippen LogP) is 3.94. The molecule has 2 aromatic rings. The summed E-state index contributed by atoms with van der Waals surface area (Å²) in [4.78, 5) is 29.3. The summed E-state index contributed by atoms with van der Waals surface area (Å²) in [6.45, 7) is 5.80. The van der Waals surface area contributed by atoms with Gasteiger partial charge in [-0.15, -0.1) is 23.1 Å². The quantitative estimate of drug-likeness (QED) is 0.772. The fraction of sp³-hybridized carbons (Fsp3) is 0.429. The van der Waals surface area contributed by atoms with E-state index in [-0.39, 0.29) is 22.7 Å².